The number of H-pyrrole nitrogens is 1. The number of pyridine rings is 1. The highest BCUT2D eigenvalue weighted by Gasteiger charge is 2.31. The molecule has 8 rings (SSSR count). The molecular formula is C33H27F2N9O2. The lowest BCUT2D eigenvalue weighted by atomic mass is 10.1. The van der Waals surface area contributed by atoms with Gasteiger partial charge in [0.25, 0.3) is 5.91 Å². The maximum atomic E-state index is 15.7. The lowest BCUT2D eigenvalue weighted by Gasteiger charge is -2.26. The number of imidazole rings is 1. The number of benzene rings is 2. The number of amides is 1. The predicted molar refractivity (Wildman–Crippen MR) is 167 cm³/mol. The molecule has 0 radical (unpaired) electrons. The van der Waals surface area contributed by atoms with Crippen molar-refractivity contribution in [2.75, 3.05) is 6.54 Å². The number of aryl methyl sites for hydroxylation is 3. The summed E-state index contributed by atoms with van der Waals surface area (Å²) in [5, 5.41) is 10.1. The topological polar surface area (TPSA) is 112 Å². The number of carbonyl (C=O) groups excluding carboxylic acids is 1. The zero-order valence-electron chi connectivity index (χ0n) is 25.1. The van der Waals surface area contributed by atoms with E-state index in [4.69, 9.17) is 5.10 Å². The first-order chi connectivity index (χ1) is 22.2. The third-order valence-electron chi connectivity index (χ3n) is 8.69. The van der Waals surface area contributed by atoms with Gasteiger partial charge in [-0.25, -0.2) is 23.2 Å². The van der Waals surface area contributed by atoms with E-state index in [1.54, 1.807) is 77.9 Å². The Balaban J connectivity index is 1.27. The van der Waals surface area contributed by atoms with Crippen molar-refractivity contribution in [2.24, 2.45) is 7.05 Å². The summed E-state index contributed by atoms with van der Waals surface area (Å²) in [5.74, 6) is -0.720. The van der Waals surface area contributed by atoms with Crippen LogP contribution in [0.2, 0.25) is 0 Å². The highest BCUT2D eigenvalue weighted by Crippen LogP contribution is 2.30. The Morgan fingerprint density at radius 1 is 1.00 bits per heavy atom. The summed E-state index contributed by atoms with van der Waals surface area (Å²) in [7, 11) is 1.72. The minimum absolute atomic E-state index is 0.0712. The summed E-state index contributed by atoms with van der Waals surface area (Å²) in [4.78, 5) is 36.9. The van der Waals surface area contributed by atoms with Crippen molar-refractivity contribution in [3.63, 3.8) is 0 Å². The summed E-state index contributed by atoms with van der Waals surface area (Å²) in [6.07, 6.45) is 6.56. The molecule has 6 heterocycles. The van der Waals surface area contributed by atoms with Crippen LogP contribution in [0.15, 0.2) is 72.0 Å². The van der Waals surface area contributed by atoms with Gasteiger partial charge in [0.2, 0.25) is 0 Å². The van der Waals surface area contributed by atoms with Crippen molar-refractivity contribution in [2.45, 2.75) is 26.8 Å². The first kappa shape index (κ1) is 27.7. The smallest absolute Gasteiger partial charge is 0.335 e. The molecule has 0 bridgehead atoms. The van der Waals surface area contributed by atoms with Gasteiger partial charge in [-0.15, -0.1) is 0 Å². The summed E-state index contributed by atoms with van der Waals surface area (Å²) in [6.45, 7) is 3.91. The van der Waals surface area contributed by atoms with Gasteiger partial charge in [-0.3, -0.25) is 18.6 Å². The van der Waals surface area contributed by atoms with E-state index in [0.29, 0.717) is 69.1 Å². The lowest BCUT2D eigenvalue weighted by molar-refractivity contribution is 0.0729. The van der Waals surface area contributed by atoms with E-state index in [0.717, 1.165) is 5.39 Å². The van der Waals surface area contributed by atoms with E-state index < -0.39 is 11.5 Å². The number of aromatic nitrogens is 8. The van der Waals surface area contributed by atoms with Crippen LogP contribution in [0, 0.1) is 25.5 Å². The van der Waals surface area contributed by atoms with E-state index in [1.165, 1.54) is 21.5 Å². The van der Waals surface area contributed by atoms with Crippen molar-refractivity contribution >= 4 is 27.8 Å². The van der Waals surface area contributed by atoms with Gasteiger partial charge < -0.3 is 9.88 Å². The average molecular weight is 620 g/mol. The van der Waals surface area contributed by atoms with Crippen molar-refractivity contribution < 1.29 is 13.6 Å². The largest absolute Gasteiger partial charge is 0.338 e. The van der Waals surface area contributed by atoms with Gasteiger partial charge in [0.15, 0.2) is 5.82 Å². The van der Waals surface area contributed by atoms with Gasteiger partial charge in [-0.05, 0) is 67.4 Å². The molecule has 13 heteroatoms. The van der Waals surface area contributed by atoms with Crippen molar-refractivity contribution in [3.8, 4) is 17.2 Å². The quantitative estimate of drug-likeness (QED) is 0.308. The molecule has 11 nitrogen and oxygen atoms in total. The number of carbonyl (C=O) groups is 1. The van der Waals surface area contributed by atoms with Gasteiger partial charge >= 0.3 is 5.69 Å². The zero-order chi connectivity index (χ0) is 31.9. The number of hydrogen-bond donors (Lipinski definition) is 1. The van der Waals surface area contributed by atoms with Crippen molar-refractivity contribution in [1.29, 1.82) is 0 Å². The molecule has 1 aliphatic rings. The van der Waals surface area contributed by atoms with Crippen LogP contribution in [0.1, 0.15) is 32.9 Å². The number of aromatic amines is 1. The Kier molecular flexibility index (Phi) is 6.07. The van der Waals surface area contributed by atoms with Crippen molar-refractivity contribution in [1.82, 2.24) is 43.6 Å². The van der Waals surface area contributed by atoms with Gasteiger partial charge in [0.1, 0.15) is 23.0 Å². The zero-order valence-corrected chi connectivity index (χ0v) is 25.1. The van der Waals surface area contributed by atoms with Gasteiger partial charge in [-0.2, -0.15) is 10.2 Å². The third kappa shape index (κ3) is 4.11. The van der Waals surface area contributed by atoms with Crippen LogP contribution < -0.4 is 5.69 Å². The third-order valence-corrected chi connectivity index (χ3v) is 8.69. The Bertz CT molecular complexity index is 2370. The predicted octanol–water partition coefficient (Wildman–Crippen LogP) is 4.67. The fourth-order valence-electron chi connectivity index (χ4n) is 6.34. The second kappa shape index (κ2) is 10.1. The van der Waals surface area contributed by atoms with E-state index in [9.17, 15) is 14.0 Å². The van der Waals surface area contributed by atoms with Crippen LogP contribution in [0.4, 0.5) is 8.78 Å². The molecule has 7 aromatic rings. The molecule has 1 amide bonds. The van der Waals surface area contributed by atoms with Gasteiger partial charge in [0.05, 0.1) is 40.7 Å². The van der Waals surface area contributed by atoms with Crippen LogP contribution in [-0.4, -0.2) is 56.0 Å². The highest BCUT2D eigenvalue weighted by atomic mass is 19.1. The number of rotatable bonds is 4. The molecule has 0 atom stereocenters. The SMILES string of the molecule is Cc1cc(-n2nc3c(c2-n2ccn(-c4ccc5c(cnn5C)c4F)c2=O)CN(C(=O)c2cc4cccnc4[nH]2)CC3)cc(C)c1F. The Morgan fingerprint density at radius 3 is 2.57 bits per heavy atom. The number of fused-ring (bicyclic) bond motifs is 3. The molecular weight excluding hydrogens is 592 g/mol. The molecule has 1 N–H and O–H groups in total. The molecule has 230 valence electrons. The van der Waals surface area contributed by atoms with Crippen LogP contribution in [0.5, 0.6) is 0 Å². The van der Waals surface area contributed by atoms with E-state index in [2.05, 4.69) is 15.1 Å². The number of nitrogens with zero attached hydrogens (tertiary/aromatic N) is 8. The van der Waals surface area contributed by atoms with E-state index in [1.807, 2.05) is 12.1 Å². The summed E-state index contributed by atoms with van der Waals surface area (Å²) in [5.41, 5.74) is 3.93. The molecule has 0 spiro atoms. The number of nitrogens with one attached hydrogen (secondary N) is 1. The second-order valence-electron chi connectivity index (χ2n) is 11.6. The van der Waals surface area contributed by atoms with Crippen LogP contribution in [-0.2, 0) is 20.0 Å². The molecule has 0 unspecified atom stereocenters. The first-order valence-corrected chi connectivity index (χ1v) is 14.7. The van der Waals surface area contributed by atoms with Gasteiger partial charge in [-0.1, -0.05) is 0 Å². The Morgan fingerprint density at radius 2 is 1.78 bits per heavy atom. The molecule has 1 aliphatic heterocycles. The molecule has 46 heavy (non-hydrogen) atoms. The van der Waals surface area contributed by atoms with Crippen LogP contribution in [0.3, 0.4) is 0 Å². The highest BCUT2D eigenvalue weighted by molar-refractivity contribution is 5.97. The van der Waals surface area contributed by atoms with Gasteiger partial charge in [0, 0.05) is 49.6 Å². The number of hydrogen-bond acceptors (Lipinski definition) is 5. The second-order valence-corrected chi connectivity index (χ2v) is 11.6. The monoisotopic (exact) mass is 619 g/mol. The molecule has 0 saturated heterocycles. The Hall–Kier alpha value is -5.85. The van der Waals surface area contributed by atoms with E-state index in [-0.39, 0.29) is 24.0 Å². The van der Waals surface area contributed by atoms with Crippen LogP contribution >= 0.6 is 0 Å². The van der Waals surface area contributed by atoms with E-state index >= 15 is 4.39 Å². The molecule has 5 aromatic heterocycles. The summed E-state index contributed by atoms with van der Waals surface area (Å²) < 4.78 is 36.2. The molecule has 0 saturated carbocycles. The summed E-state index contributed by atoms with van der Waals surface area (Å²) in [6, 6.07) is 12.1. The molecule has 2 aromatic carbocycles. The minimum Gasteiger partial charge on any atom is -0.335 e. The van der Waals surface area contributed by atoms with Crippen molar-refractivity contribution in [3.05, 3.63) is 117 Å². The average Bonchev–Trinajstić information content (AvgIpc) is 3.83. The fourth-order valence-corrected chi connectivity index (χ4v) is 6.34. The first-order valence-electron chi connectivity index (χ1n) is 14.7. The minimum atomic E-state index is -0.574. The lowest BCUT2D eigenvalue weighted by Crippen LogP contribution is -2.36. The maximum Gasteiger partial charge on any atom is 0.338 e. The normalized spacial score (nSPS) is 13.2. The Labute approximate surface area is 259 Å². The fraction of sp³-hybridized carbons (Fsp3) is 0.182. The summed E-state index contributed by atoms with van der Waals surface area (Å²) >= 11 is 0. The van der Waals surface area contributed by atoms with Crippen LogP contribution in [0.25, 0.3) is 39.1 Å². The number of halogens is 2. The standard InChI is InChI=1S/C33H27F2N9O2/c1-18-13-21(14-19(2)28(18)34)44-31(43-12-11-42(33(43)46)27-7-6-26-22(29(27)35)16-37-40(26)3)23-17-41(10-8-24(23)39-44)32(45)25-15-20-5-4-9-36-30(20)38-25/h4-7,9,11-16H,8,10,17H2,1-3H3,(H,36,38). The molecule has 0 fully saturated rings. The molecule has 0 aliphatic carbocycles. The maximum absolute atomic E-state index is 15.7.